The third kappa shape index (κ3) is 4.17. The Hall–Kier alpha value is -3.99. The predicted molar refractivity (Wildman–Crippen MR) is 133 cm³/mol. The molecular formula is C29H25FN2O2. The van der Waals surface area contributed by atoms with Crippen molar-refractivity contribution in [1.82, 2.24) is 10.2 Å². The number of hydrogen-bond acceptors (Lipinski definition) is 2. The standard InChI is InChI=1S/C29H25FN2O2/c1-18(16-26(33)34)19-10-12-22(13-11-19)28(23-14-15-25-24(17-23)29(30)32-31-25)27(21-8-5-9-21)20-6-3-2-4-7-20/h2-4,6-7,10-17,21H,5,8-9H2,1H3,(H,31,32)(H,33,34). The van der Waals surface area contributed by atoms with Gasteiger partial charge in [-0.1, -0.05) is 67.1 Å². The van der Waals surface area contributed by atoms with Gasteiger partial charge in [0.25, 0.3) is 0 Å². The van der Waals surface area contributed by atoms with Gasteiger partial charge in [0, 0.05) is 6.08 Å². The third-order valence-electron chi connectivity index (χ3n) is 6.63. The average Bonchev–Trinajstić information content (AvgIpc) is 3.18. The molecule has 0 aliphatic heterocycles. The van der Waals surface area contributed by atoms with E-state index in [9.17, 15) is 9.18 Å². The minimum atomic E-state index is -0.964. The van der Waals surface area contributed by atoms with Gasteiger partial charge in [0.1, 0.15) is 0 Å². The number of aliphatic carboxylic acids is 1. The second-order valence-electron chi connectivity index (χ2n) is 8.79. The van der Waals surface area contributed by atoms with Crippen molar-refractivity contribution in [1.29, 1.82) is 0 Å². The molecule has 1 aliphatic carbocycles. The van der Waals surface area contributed by atoms with Gasteiger partial charge >= 0.3 is 5.97 Å². The molecule has 34 heavy (non-hydrogen) atoms. The lowest BCUT2D eigenvalue weighted by Crippen LogP contribution is -2.15. The van der Waals surface area contributed by atoms with Crippen LogP contribution in [-0.4, -0.2) is 21.3 Å². The Bertz CT molecular complexity index is 1410. The highest BCUT2D eigenvalue weighted by molar-refractivity contribution is 6.01. The average molecular weight is 453 g/mol. The second-order valence-corrected chi connectivity index (χ2v) is 8.79. The summed E-state index contributed by atoms with van der Waals surface area (Å²) in [6, 6.07) is 24.1. The fraction of sp³-hybridized carbons (Fsp3) is 0.172. The Labute approximate surface area is 197 Å². The minimum absolute atomic E-state index is 0.426. The number of H-pyrrole nitrogens is 1. The summed E-state index contributed by atoms with van der Waals surface area (Å²) >= 11 is 0. The highest BCUT2D eigenvalue weighted by Gasteiger charge is 2.27. The molecule has 4 aromatic rings. The van der Waals surface area contributed by atoms with Crippen molar-refractivity contribution in [3.8, 4) is 0 Å². The lowest BCUT2D eigenvalue weighted by molar-refractivity contribution is -0.131. The Morgan fingerprint density at radius 3 is 2.29 bits per heavy atom. The zero-order chi connectivity index (χ0) is 23.7. The summed E-state index contributed by atoms with van der Waals surface area (Å²) in [5, 5.41) is 16.0. The van der Waals surface area contributed by atoms with Crippen LogP contribution in [0.3, 0.4) is 0 Å². The number of rotatable bonds is 6. The highest BCUT2D eigenvalue weighted by Crippen LogP contribution is 2.45. The Balaban J connectivity index is 1.73. The van der Waals surface area contributed by atoms with E-state index in [4.69, 9.17) is 5.11 Å². The number of hydrogen-bond donors (Lipinski definition) is 2. The molecule has 1 aromatic heterocycles. The quantitative estimate of drug-likeness (QED) is 0.246. The van der Waals surface area contributed by atoms with Crippen molar-refractivity contribution in [3.05, 3.63) is 107 Å². The fourth-order valence-electron chi connectivity index (χ4n) is 4.68. The maximum atomic E-state index is 14.4. The molecule has 1 aliphatic rings. The van der Waals surface area contributed by atoms with E-state index < -0.39 is 11.9 Å². The summed E-state index contributed by atoms with van der Waals surface area (Å²) in [6.45, 7) is 1.79. The summed E-state index contributed by atoms with van der Waals surface area (Å²) in [7, 11) is 0. The molecular weight excluding hydrogens is 427 g/mol. The monoisotopic (exact) mass is 452 g/mol. The van der Waals surface area contributed by atoms with Crippen molar-refractivity contribution in [3.63, 3.8) is 0 Å². The topological polar surface area (TPSA) is 66.0 Å². The van der Waals surface area contributed by atoms with Gasteiger partial charge in [-0.25, -0.2) is 4.79 Å². The van der Waals surface area contributed by atoms with Crippen LogP contribution in [0, 0.1) is 11.9 Å². The second kappa shape index (κ2) is 9.10. The van der Waals surface area contributed by atoms with Crippen LogP contribution in [0.2, 0.25) is 0 Å². The van der Waals surface area contributed by atoms with Crippen LogP contribution in [0.5, 0.6) is 0 Å². The molecule has 0 atom stereocenters. The Morgan fingerprint density at radius 1 is 0.971 bits per heavy atom. The number of nitrogens with one attached hydrogen (secondary N) is 1. The molecule has 0 unspecified atom stereocenters. The van der Waals surface area contributed by atoms with E-state index in [2.05, 4.69) is 22.3 Å². The zero-order valence-electron chi connectivity index (χ0n) is 18.9. The predicted octanol–water partition coefficient (Wildman–Crippen LogP) is 6.95. The first-order valence-electron chi connectivity index (χ1n) is 11.5. The molecule has 3 aromatic carbocycles. The Morgan fingerprint density at radius 2 is 1.65 bits per heavy atom. The molecule has 0 saturated heterocycles. The number of aromatic amines is 1. The van der Waals surface area contributed by atoms with Crippen LogP contribution < -0.4 is 0 Å². The fourth-order valence-corrected chi connectivity index (χ4v) is 4.68. The Kier molecular flexibility index (Phi) is 5.84. The number of fused-ring (bicyclic) bond motifs is 1. The van der Waals surface area contributed by atoms with Crippen molar-refractivity contribution in [2.75, 3.05) is 0 Å². The largest absolute Gasteiger partial charge is 0.478 e. The number of halogens is 1. The molecule has 1 fully saturated rings. The van der Waals surface area contributed by atoms with Crippen LogP contribution in [0.1, 0.15) is 48.4 Å². The first-order valence-corrected chi connectivity index (χ1v) is 11.5. The number of nitrogens with zero attached hydrogens (tertiary/aromatic N) is 1. The number of carboxylic acid groups (broad SMARTS) is 1. The van der Waals surface area contributed by atoms with Crippen molar-refractivity contribution in [2.45, 2.75) is 26.2 Å². The van der Waals surface area contributed by atoms with E-state index in [-0.39, 0.29) is 0 Å². The number of aromatic nitrogens is 2. The molecule has 1 saturated carbocycles. The van der Waals surface area contributed by atoms with Gasteiger partial charge in [-0.2, -0.15) is 9.49 Å². The zero-order valence-corrected chi connectivity index (χ0v) is 18.9. The van der Waals surface area contributed by atoms with Crippen LogP contribution in [-0.2, 0) is 4.79 Å². The molecule has 1 heterocycles. The molecule has 170 valence electrons. The minimum Gasteiger partial charge on any atom is -0.478 e. The van der Waals surface area contributed by atoms with E-state index >= 15 is 0 Å². The van der Waals surface area contributed by atoms with Crippen LogP contribution >= 0.6 is 0 Å². The van der Waals surface area contributed by atoms with Gasteiger partial charge in [-0.3, -0.25) is 5.10 Å². The smallest absolute Gasteiger partial charge is 0.328 e. The maximum Gasteiger partial charge on any atom is 0.328 e. The molecule has 0 bridgehead atoms. The van der Waals surface area contributed by atoms with Gasteiger partial charge < -0.3 is 5.11 Å². The molecule has 4 nitrogen and oxygen atoms in total. The van der Waals surface area contributed by atoms with Crippen LogP contribution in [0.15, 0.2) is 78.9 Å². The number of carbonyl (C=O) groups is 1. The van der Waals surface area contributed by atoms with E-state index in [1.807, 2.05) is 60.7 Å². The summed E-state index contributed by atoms with van der Waals surface area (Å²) in [6.07, 6.45) is 4.65. The van der Waals surface area contributed by atoms with Gasteiger partial charge in [-0.05, 0) is 76.8 Å². The van der Waals surface area contributed by atoms with Crippen molar-refractivity contribution in [2.24, 2.45) is 5.92 Å². The van der Waals surface area contributed by atoms with E-state index in [0.29, 0.717) is 22.4 Å². The maximum absolute atomic E-state index is 14.4. The molecule has 0 amide bonds. The van der Waals surface area contributed by atoms with Gasteiger partial charge in [-0.15, -0.1) is 0 Å². The van der Waals surface area contributed by atoms with Gasteiger partial charge in [0.05, 0.1) is 10.9 Å². The SMILES string of the molecule is CC(=CC(=O)O)c1ccc(C(=C(c2ccccc2)C2CCC2)c2ccc3n[nH]c(F)c3c2)cc1. The molecule has 0 radical (unpaired) electrons. The molecule has 2 N–H and O–H groups in total. The van der Waals surface area contributed by atoms with Crippen molar-refractivity contribution >= 4 is 33.6 Å². The van der Waals surface area contributed by atoms with Gasteiger partial charge in [0.15, 0.2) is 0 Å². The summed E-state index contributed by atoms with van der Waals surface area (Å²) < 4.78 is 14.4. The molecule has 5 heteroatoms. The number of allylic oxidation sites excluding steroid dienone is 2. The third-order valence-corrected chi connectivity index (χ3v) is 6.63. The van der Waals surface area contributed by atoms with E-state index in [0.717, 1.165) is 35.1 Å². The first kappa shape index (κ1) is 21.8. The lowest BCUT2D eigenvalue weighted by Gasteiger charge is -2.31. The van der Waals surface area contributed by atoms with Gasteiger partial charge in [0.2, 0.25) is 5.95 Å². The normalized spacial score (nSPS) is 15.2. The first-order chi connectivity index (χ1) is 16.5. The number of benzene rings is 3. The van der Waals surface area contributed by atoms with E-state index in [1.165, 1.54) is 23.6 Å². The molecule has 0 spiro atoms. The lowest BCUT2D eigenvalue weighted by atomic mass is 9.73. The van der Waals surface area contributed by atoms with Crippen LogP contribution in [0.25, 0.3) is 27.6 Å². The summed E-state index contributed by atoms with van der Waals surface area (Å²) in [4.78, 5) is 11.1. The molecule has 5 rings (SSSR count). The van der Waals surface area contributed by atoms with Crippen molar-refractivity contribution < 1.29 is 14.3 Å². The summed E-state index contributed by atoms with van der Waals surface area (Å²) in [5.41, 5.74) is 7.59. The van der Waals surface area contributed by atoms with Crippen LogP contribution in [0.4, 0.5) is 4.39 Å². The summed E-state index contributed by atoms with van der Waals surface area (Å²) in [5.74, 6) is -0.976. The van der Waals surface area contributed by atoms with E-state index in [1.54, 1.807) is 6.92 Å². The number of carboxylic acids is 1. The highest BCUT2D eigenvalue weighted by atomic mass is 19.1.